The Morgan fingerprint density at radius 1 is 1.00 bits per heavy atom. The van der Waals surface area contributed by atoms with Gasteiger partial charge in [0.25, 0.3) is 0 Å². The molecule has 2 aromatic heterocycles. The zero-order valence-electron chi connectivity index (χ0n) is 24.1. The van der Waals surface area contributed by atoms with Crippen molar-refractivity contribution in [2.45, 2.75) is 50.7 Å². The molecule has 218 valence electrons. The molecule has 42 heavy (non-hydrogen) atoms. The number of benzene rings is 2. The fourth-order valence-corrected chi connectivity index (χ4v) is 6.98. The van der Waals surface area contributed by atoms with E-state index in [1.165, 1.54) is 0 Å². The van der Waals surface area contributed by atoms with Crippen molar-refractivity contribution >= 4 is 34.1 Å². The van der Waals surface area contributed by atoms with Gasteiger partial charge in [0, 0.05) is 41.7 Å². The van der Waals surface area contributed by atoms with Gasteiger partial charge < -0.3 is 20.3 Å². The first-order valence-corrected chi connectivity index (χ1v) is 15.7. The number of carbonyl (C=O) groups excluding carboxylic acids is 2. The third kappa shape index (κ3) is 5.82. The first-order valence-electron chi connectivity index (χ1n) is 14.8. The molecule has 4 heterocycles. The smallest absolute Gasteiger partial charge is 0.246 e. The molecular formula is C33H37N5O3S. The minimum atomic E-state index is -0.574. The first-order chi connectivity index (χ1) is 20.5. The van der Waals surface area contributed by atoms with Gasteiger partial charge in [0.1, 0.15) is 11.0 Å². The van der Waals surface area contributed by atoms with Gasteiger partial charge in [-0.05, 0) is 57.7 Å². The van der Waals surface area contributed by atoms with Crippen LogP contribution in [0.15, 0.2) is 66.0 Å². The summed E-state index contributed by atoms with van der Waals surface area (Å²) in [7, 11) is 1.75. The van der Waals surface area contributed by atoms with E-state index in [1.54, 1.807) is 18.4 Å². The third-order valence-corrected chi connectivity index (χ3v) is 9.48. The molecule has 3 atom stereocenters. The van der Waals surface area contributed by atoms with Gasteiger partial charge >= 0.3 is 0 Å². The molecule has 1 unspecified atom stereocenters. The Bertz CT molecular complexity index is 1550. The van der Waals surface area contributed by atoms with Gasteiger partial charge in [0.05, 0.1) is 29.0 Å². The molecule has 2 aliphatic heterocycles. The maximum absolute atomic E-state index is 14.1. The van der Waals surface area contributed by atoms with Crippen LogP contribution in [-0.4, -0.2) is 65.6 Å². The summed E-state index contributed by atoms with van der Waals surface area (Å²) in [5, 5.41) is 10.1. The van der Waals surface area contributed by atoms with Gasteiger partial charge in [-0.2, -0.15) is 0 Å². The zero-order chi connectivity index (χ0) is 29.1. The number of likely N-dealkylation sites (N-methyl/N-ethyl adjacent to an activating group) is 1. The summed E-state index contributed by atoms with van der Waals surface area (Å²) < 4.78 is 5.57. The molecule has 9 heteroatoms. The number of carbonyl (C=O) groups is 2. The number of nitrogens with one attached hydrogen (secondary N) is 2. The largest absolute Gasteiger partial charge is 0.381 e. The lowest BCUT2D eigenvalue weighted by molar-refractivity contribution is -0.140. The Labute approximate surface area is 250 Å². The second-order valence-electron chi connectivity index (χ2n) is 11.1. The van der Waals surface area contributed by atoms with Gasteiger partial charge in [0.2, 0.25) is 11.8 Å². The van der Waals surface area contributed by atoms with Gasteiger partial charge in [-0.25, -0.2) is 9.97 Å². The lowest BCUT2D eigenvalue weighted by Gasteiger charge is -2.35. The van der Waals surface area contributed by atoms with E-state index < -0.39 is 6.04 Å². The highest BCUT2D eigenvalue weighted by Gasteiger charge is 2.40. The maximum atomic E-state index is 14.1. The fourth-order valence-electron chi connectivity index (χ4n) is 6.01. The van der Waals surface area contributed by atoms with Gasteiger partial charge in [-0.15, -0.1) is 11.3 Å². The average Bonchev–Trinajstić information content (AvgIpc) is 3.73. The molecule has 2 aliphatic rings. The zero-order valence-corrected chi connectivity index (χ0v) is 24.9. The molecule has 8 nitrogen and oxygen atoms in total. The number of aromatic nitrogens is 2. The number of nitrogens with zero attached hydrogens (tertiary/aromatic N) is 3. The van der Waals surface area contributed by atoms with Crippen molar-refractivity contribution in [2.24, 2.45) is 5.92 Å². The second kappa shape index (κ2) is 12.7. The van der Waals surface area contributed by atoms with Gasteiger partial charge in [-0.1, -0.05) is 48.5 Å². The molecule has 2 N–H and O–H groups in total. The van der Waals surface area contributed by atoms with E-state index in [1.807, 2.05) is 48.2 Å². The molecule has 0 saturated carbocycles. The molecular weight excluding hydrogens is 546 g/mol. The highest BCUT2D eigenvalue weighted by molar-refractivity contribution is 7.10. The quantitative estimate of drug-likeness (QED) is 0.296. The van der Waals surface area contributed by atoms with Crippen molar-refractivity contribution in [1.29, 1.82) is 0 Å². The molecule has 0 spiro atoms. The topological polar surface area (TPSA) is 96.5 Å². The van der Waals surface area contributed by atoms with Crippen molar-refractivity contribution in [3.63, 3.8) is 0 Å². The van der Waals surface area contributed by atoms with E-state index in [9.17, 15) is 9.59 Å². The summed E-state index contributed by atoms with van der Waals surface area (Å²) in [5.74, 6) is -0.126. The van der Waals surface area contributed by atoms with E-state index in [4.69, 9.17) is 14.7 Å². The van der Waals surface area contributed by atoms with Gasteiger partial charge in [0.15, 0.2) is 0 Å². The molecule has 2 amide bonds. The minimum Gasteiger partial charge on any atom is -0.381 e. The molecule has 0 bridgehead atoms. The number of thiazole rings is 1. The summed E-state index contributed by atoms with van der Waals surface area (Å²) in [6.07, 6.45) is 3.27. The summed E-state index contributed by atoms with van der Waals surface area (Å²) in [4.78, 5) is 39.1. The van der Waals surface area contributed by atoms with Crippen LogP contribution >= 0.6 is 11.3 Å². The van der Waals surface area contributed by atoms with E-state index in [0.29, 0.717) is 19.8 Å². The number of fused-ring (bicyclic) bond motifs is 1. The number of hydrogen-bond acceptors (Lipinski definition) is 7. The number of hydrogen-bond donors (Lipinski definition) is 2. The first kappa shape index (κ1) is 28.5. The van der Waals surface area contributed by atoms with Crippen molar-refractivity contribution in [1.82, 2.24) is 25.5 Å². The highest BCUT2D eigenvalue weighted by atomic mass is 32.1. The summed E-state index contributed by atoms with van der Waals surface area (Å²) in [5.41, 5.74) is 4.81. The van der Waals surface area contributed by atoms with Crippen LogP contribution < -0.4 is 10.6 Å². The van der Waals surface area contributed by atoms with Crippen LogP contribution in [0.3, 0.4) is 0 Å². The van der Waals surface area contributed by atoms with Gasteiger partial charge in [-0.3, -0.25) is 9.59 Å². The van der Waals surface area contributed by atoms with Crippen LogP contribution in [0.2, 0.25) is 0 Å². The summed E-state index contributed by atoms with van der Waals surface area (Å²) >= 11 is 1.60. The van der Waals surface area contributed by atoms with E-state index in [0.717, 1.165) is 64.1 Å². The van der Waals surface area contributed by atoms with Crippen molar-refractivity contribution in [2.75, 3.05) is 26.8 Å². The highest BCUT2D eigenvalue weighted by Crippen LogP contribution is 2.39. The Balaban J connectivity index is 1.30. The standard InChI is InChI=1S/C33H37N5O3S/c1-21(34-2)31(39)37-30(23-14-17-41-18-15-23)33(40)38-16-8-13-29(38)32-36-28(20-42-32)25-19-27(22-9-4-3-5-10-22)35-26-12-7-6-11-24(25)26/h3-7,9-12,19-21,23,29-30,34H,8,13-18H2,1-2H3,(H,37,39)/t21-,29?,30-/m0/s1. The molecule has 2 fully saturated rings. The lowest BCUT2D eigenvalue weighted by atomic mass is 9.90. The summed E-state index contributed by atoms with van der Waals surface area (Å²) in [6.45, 7) is 3.68. The number of para-hydroxylation sites is 1. The predicted molar refractivity (Wildman–Crippen MR) is 166 cm³/mol. The second-order valence-corrected chi connectivity index (χ2v) is 12.0. The average molecular weight is 584 g/mol. The Morgan fingerprint density at radius 3 is 2.55 bits per heavy atom. The van der Waals surface area contributed by atoms with Crippen LogP contribution in [0.25, 0.3) is 33.4 Å². The van der Waals surface area contributed by atoms with Crippen molar-refractivity contribution < 1.29 is 14.3 Å². The minimum absolute atomic E-state index is 0.0153. The number of amides is 2. The van der Waals surface area contributed by atoms with Crippen LogP contribution in [0, 0.1) is 5.92 Å². The molecule has 2 saturated heterocycles. The Kier molecular flexibility index (Phi) is 8.60. The van der Waals surface area contributed by atoms with Crippen LogP contribution in [0.1, 0.15) is 43.7 Å². The number of likely N-dealkylation sites (tertiary alicyclic amines) is 1. The molecule has 6 rings (SSSR count). The van der Waals surface area contributed by atoms with Crippen molar-refractivity contribution in [3.05, 3.63) is 71.1 Å². The van der Waals surface area contributed by atoms with E-state index >= 15 is 0 Å². The Morgan fingerprint density at radius 2 is 1.76 bits per heavy atom. The maximum Gasteiger partial charge on any atom is 0.246 e. The number of ether oxygens (including phenoxy) is 1. The molecule has 2 aromatic carbocycles. The fraction of sp³-hybridized carbons (Fsp3) is 0.394. The van der Waals surface area contributed by atoms with Crippen LogP contribution in [0.5, 0.6) is 0 Å². The SMILES string of the molecule is CN[C@@H](C)C(=O)N[C@H](C(=O)N1CCCC1c1nc(-c2cc(-c3ccccc3)nc3ccccc23)cs1)C1CCOCC1. The van der Waals surface area contributed by atoms with E-state index in [2.05, 4.69) is 40.3 Å². The van der Waals surface area contributed by atoms with Crippen molar-refractivity contribution in [3.8, 4) is 22.5 Å². The summed E-state index contributed by atoms with van der Waals surface area (Å²) in [6, 6.07) is 19.4. The molecule has 0 aliphatic carbocycles. The normalized spacial score (nSPS) is 19.1. The third-order valence-electron chi connectivity index (χ3n) is 8.53. The number of rotatable bonds is 8. The van der Waals surface area contributed by atoms with Crippen LogP contribution in [0.4, 0.5) is 0 Å². The molecule has 4 aromatic rings. The predicted octanol–water partition coefficient (Wildman–Crippen LogP) is 5.21. The van der Waals surface area contributed by atoms with E-state index in [-0.39, 0.29) is 29.8 Å². The molecule has 0 radical (unpaired) electrons. The van der Waals surface area contributed by atoms with Crippen LogP contribution in [-0.2, 0) is 14.3 Å². The monoisotopic (exact) mass is 583 g/mol. The Hall–Kier alpha value is -3.66. The lowest BCUT2D eigenvalue weighted by Crippen LogP contribution is -2.56. The number of pyridine rings is 1.